The molecule has 14 nitrogen and oxygen atoms in total. The zero-order chi connectivity index (χ0) is 23.0. The first-order chi connectivity index (χ1) is 15.2. The number of carbonyl (C=O) groups is 1. The van der Waals surface area contributed by atoms with Gasteiger partial charge in [0.25, 0.3) is 5.91 Å². The van der Waals surface area contributed by atoms with Crippen molar-refractivity contribution >= 4 is 38.8 Å². The van der Waals surface area contributed by atoms with Crippen molar-refractivity contribution in [3.63, 3.8) is 0 Å². The van der Waals surface area contributed by atoms with E-state index in [-0.39, 0.29) is 23.6 Å². The molecular formula is C17H22N10O4S. The van der Waals surface area contributed by atoms with Crippen molar-refractivity contribution < 1.29 is 17.9 Å². The third kappa shape index (κ3) is 4.06. The maximum Gasteiger partial charge on any atom is 0.301 e. The molecule has 0 bridgehead atoms. The smallest absolute Gasteiger partial charge is 0.301 e. The molecule has 0 radical (unpaired) electrons. The minimum atomic E-state index is -4.22. The van der Waals surface area contributed by atoms with Crippen molar-refractivity contribution in [1.82, 2.24) is 29.0 Å². The Kier molecular flexibility index (Phi) is 5.66. The van der Waals surface area contributed by atoms with Crippen molar-refractivity contribution in [2.45, 2.75) is 24.4 Å². The van der Waals surface area contributed by atoms with Crippen LogP contribution in [0.4, 0.5) is 11.5 Å². The van der Waals surface area contributed by atoms with Gasteiger partial charge in [-0.1, -0.05) is 12.1 Å². The topological polar surface area (TPSA) is 232 Å². The quantitative estimate of drug-likeness (QED) is 0.215. The van der Waals surface area contributed by atoms with E-state index in [9.17, 15) is 13.2 Å². The van der Waals surface area contributed by atoms with Crippen LogP contribution in [0.3, 0.4) is 0 Å². The normalized spacial score (nSPS) is 23.4. The summed E-state index contributed by atoms with van der Waals surface area (Å²) in [6, 6.07) is 4.67. The summed E-state index contributed by atoms with van der Waals surface area (Å²) in [6.07, 6.45) is 1.17. The van der Waals surface area contributed by atoms with Crippen molar-refractivity contribution in [1.29, 1.82) is 0 Å². The number of para-hydroxylation sites is 1. The van der Waals surface area contributed by atoms with E-state index in [1.807, 2.05) is 4.72 Å². The fourth-order valence-electron chi connectivity index (χ4n) is 3.40. The van der Waals surface area contributed by atoms with Crippen molar-refractivity contribution in [3.8, 4) is 0 Å². The van der Waals surface area contributed by atoms with Crippen LogP contribution in [0.5, 0.6) is 0 Å². The number of hydrogen-bond donors (Lipinski definition) is 6. The molecule has 0 unspecified atom stereocenters. The van der Waals surface area contributed by atoms with Crippen LogP contribution < -0.4 is 32.4 Å². The van der Waals surface area contributed by atoms with E-state index >= 15 is 0 Å². The van der Waals surface area contributed by atoms with Crippen LogP contribution in [0.2, 0.25) is 0 Å². The highest BCUT2D eigenvalue weighted by molar-refractivity contribution is 7.88. The Morgan fingerprint density at radius 3 is 2.62 bits per heavy atom. The summed E-state index contributed by atoms with van der Waals surface area (Å²) in [5, 5.41) is 0. The van der Waals surface area contributed by atoms with Crippen LogP contribution in [-0.4, -0.2) is 58.6 Å². The monoisotopic (exact) mass is 462 g/mol. The van der Waals surface area contributed by atoms with Gasteiger partial charge in [0, 0.05) is 12.2 Å². The SMILES string of the molecule is Nc1ccccc1C(=O)NS(=O)(=O)NC[C@H]1O[C@@H](n2cnc3c(N)ncnc32)[C@H](N)[C@@H]1N. The zero-order valence-electron chi connectivity index (χ0n) is 16.6. The molecule has 1 saturated heterocycles. The van der Waals surface area contributed by atoms with Gasteiger partial charge in [-0.25, -0.2) is 19.7 Å². The summed E-state index contributed by atoms with van der Waals surface area (Å²) >= 11 is 0. The molecule has 0 spiro atoms. The Morgan fingerprint density at radius 1 is 1.12 bits per heavy atom. The number of imidazole rings is 1. The van der Waals surface area contributed by atoms with Gasteiger partial charge in [0.2, 0.25) is 0 Å². The fourth-order valence-corrected chi connectivity index (χ4v) is 4.21. The molecule has 4 atom stereocenters. The molecule has 15 heteroatoms. The Morgan fingerprint density at radius 2 is 1.88 bits per heavy atom. The number of hydrogen-bond acceptors (Lipinski definition) is 11. The van der Waals surface area contributed by atoms with E-state index in [2.05, 4.69) is 19.7 Å². The molecule has 1 fully saturated rings. The van der Waals surface area contributed by atoms with Gasteiger partial charge in [-0.2, -0.15) is 13.1 Å². The van der Waals surface area contributed by atoms with Gasteiger partial charge in [-0.05, 0) is 12.1 Å². The van der Waals surface area contributed by atoms with Gasteiger partial charge in [0.15, 0.2) is 17.7 Å². The number of benzene rings is 1. The number of anilines is 2. The standard InChI is InChI=1S/C17H22N10O4S/c18-9-4-2-1-3-8(9)16(28)26-32(29,30)25-5-10-11(19)12(20)17(31-10)27-7-24-13-14(21)22-6-23-15(13)27/h1-4,6-7,10-12,17,25H,5,18-20H2,(H,26,28)(H2,21,22,23)/t10-,11-,12-,17-/m1/s1. The molecule has 32 heavy (non-hydrogen) atoms. The number of ether oxygens (including phenoxy) is 1. The summed E-state index contributed by atoms with van der Waals surface area (Å²) in [6.45, 7) is -0.234. The first-order valence-electron chi connectivity index (χ1n) is 9.44. The highest BCUT2D eigenvalue weighted by atomic mass is 32.2. The molecule has 3 heterocycles. The molecule has 4 rings (SSSR count). The van der Waals surface area contributed by atoms with Crippen LogP contribution in [0.25, 0.3) is 11.2 Å². The summed E-state index contributed by atoms with van der Waals surface area (Å²) in [5.41, 5.74) is 24.8. The maximum absolute atomic E-state index is 12.3. The number of nitrogens with zero attached hydrogens (tertiary/aromatic N) is 4. The fraction of sp³-hybridized carbons (Fsp3) is 0.294. The molecule has 10 N–H and O–H groups in total. The molecule has 170 valence electrons. The predicted molar refractivity (Wildman–Crippen MR) is 115 cm³/mol. The lowest BCUT2D eigenvalue weighted by Gasteiger charge is -2.17. The molecule has 1 aliphatic rings. The maximum atomic E-state index is 12.3. The van der Waals surface area contributed by atoms with E-state index < -0.39 is 40.5 Å². The third-order valence-corrected chi connectivity index (χ3v) is 6.09. The van der Waals surface area contributed by atoms with Gasteiger partial charge in [-0.3, -0.25) is 9.36 Å². The van der Waals surface area contributed by atoms with E-state index in [0.29, 0.717) is 11.2 Å². The molecule has 2 aromatic heterocycles. The predicted octanol–water partition coefficient (Wildman–Crippen LogP) is -2.19. The number of nitrogens with one attached hydrogen (secondary N) is 2. The zero-order valence-corrected chi connectivity index (χ0v) is 17.4. The van der Waals surface area contributed by atoms with Gasteiger partial charge in [0.05, 0.1) is 30.1 Å². The molecule has 1 amide bonds. The highest BCUT2D eigenvalue weighted by Crippen LogP contribution is 2.29. The van der Waals surface area contributed by atoms with Crippen LogP contribution in [0.1, 0.15) is 16.6 Å². The Labute approximate surface area is 182 Å². The Hall–Kier alpha value is -3.37. The van der Waals surface area contributed by atoms with Gasteiger partial charge >= 0.3 is 10.2 Å². The number of nitrogens with two attached hydrogens (primary N) is 4. The first-order valence-corrected chi connectivity index (χ1v) is 10.9. The average molecular weight is 462 g/mol. The van der Waals surface area contributed by atoms with E-state index in [0.717, 1.165) is 0 Å². The third-order valence-electron chi connectivity index (χ3n) is 5.09. The Bertz CT molecular complexity index is 1260. The minimum absolute atomic E-state index is 0.0297. The number of fused-ring (bicyclic) bond motifs is 1. The molecule has 0 aliphatic carbocycles. The molecule has 0 saturated carbocycles. The first kappa shape index (κ1) is 21.8. The van der Waals surface area contributed by atoms with Crippen LogP contribution in [0, 0.1) is 0 Å². The van der Waals surface area contributed by atoms with Gasteiger partial charge < -0.3 is 27.7 Å². The number of rotatable bonds is 6. The second-order valence-corrected chi connectivity index (χ2v) is 8.67. The second kappa shape index (κ2) is 8.29. The van der Waals surface area contributed by atoms with Crippen LogP contribution in [0.15, 0.2) is 36.9 Å². The summed E-state index contributed by atoms with van der Waals surface area (Å²) in [7, 11) is -4.22. The summed E-state index contributed by atoms with van der Waals surface area (Å²) in [4.78, 5) is 24.4. The highest BCUT2D eigenvalue weighted by Gasteiger charge is 2.42. The summed E-state index contributed by atoms with van der Waals surface area (Å²) in [5.74, 6) is -0.673. The molecule has 1 aromatic carbocycles. The van der Waals surface area contributed by atoms with E-state index in [1.54, 1.807) is 16.7 Å². The number of aromatic nitrogens is 4. The number of nitrogen functional groups attached to an aromatic ring is 2. The second-order valence-electron chi connectivity index (χ2n) is 7.17. The van der Waals surface area contributed by atoms with Gasteiger partial charge in [-0.15, -0.1) is 0 Å². The lowest BCUT2D eigenvalue weighted by Crippen LogP contribution is -2.50. The minimum Gasteiger partial charge on any atom is -0.398 e. The largest absolute Gasteiger partial charge is 0.398 e. The number of amides is 1. The molecule has 1 aliphatic heterocycles. The van der Waals surface area contributed by atoms with Crippen molar-refractivity contribution in [2.24, 2.45) is 11.5 Å². The lowest BCUT2D eigenvalue weighted by atomic mass is 10.1. The average Bonchev–Trinajstić information content (AvgIpc) is 3.29. The van der Waals surface area contributed by atoms with Crippen LogP contribution >= 0.6 is 0 Å². The molecular weight excluding hydrogens is 440 g/mol. The molecule has 3 aromatic rings. The van der Waals surface area contributed by atoms with Crippen LogP contribution in [-0.2, 0) is 14.9 Å². The van der Waals surface area contributed by atoms with Gasteiger partial charge in [0.1, 0.15) is 11.8 Å². The van der Waals surface area contributed by atoms with Crippen molar-refractivity contribution in [3.05, 3.63) is 42.5 Å². The number of carbonyl (C=O) groups excluding carboxylic acids is 1. The summed E-state index contributed by atoms with van der Waals surface area (Å²) < 4.78 is 36.3. The Balaban J connectivity index is 1.44. The lowest BCUT2D eigenvalue weighted by molar-refractivity contribution is 0.000772. The van der Waals surface area contributed by atoms with Crippen molar-refractivity contribution in [2.75, 3.05) is 18.0 Å². The van der Waals surface area contributed by atoms with E-state index in [4.69, 9.17) is 27.7 Å². The van der Waals surface area contributed by atoms with E-state index in [1.165, 1.54) is 24.8 Å².